The standard InChI is InChI=1S/C12H20N4O5/c13-6-10(18)15-7(3-4-9(14)17)11(19)16-5-1-2-8(16)12(20)21/h7-8H,1-6,13H2,(H2,14,17)(H,15,18)(H,20,21)/t7-,8-/m0/s1. The number of primary amides is 1. The summed E-state index contributed by atoms with van der Waals surface area (Å²) in [6, 6.07) is -1.89. The normalized spacial score (nSPS) is 19.1. The number of carbonyl (C=O) groups excluding carboxylic acids is 3. The molecule has 0 aliphatic carbocycles. The predicted molar refractivity (Wildman–Crippen MR) is 71.8 cm³/mol. The van der Waals surface area contributed by atoms with Gasteiger partial charge in [0.1, 0.15) is 12.1 Å². The molecule has 0 aromatic heterocycles. The Balaban J connectivity index is 2.79. The number of carboxylic acid groups (broad SMARTS) is 1. The van der Waals surface area contributed by atoms with Gasteiger partial charge in [0, 0.05) is 13.0 Å². The smallest absolute Gasteiger partial charge is 0.326 e. The largest absolute Gasteiger partial charge is 0.480 e. The molecule has 0 spiro atoms. The van der Waals surface area contributed by atoms with E-state index in [2.05, 4.69) is 5.32 Å². The van der Waals surface area contributed by atoms with E-state index in [0.29, 0.717) is 19.4 Å². The molecule has 9 nitrogen and oxygen atoms in total. The van der Waals surface area contributed by atoms with Crippen LogP contribution in [0.4, 0.5) is 0 Å². The maximum Gasteiger partial charge on any atom is 0.326 e. The van der Waals surface area contributed by atoms with Crippen molar-refractivity contribution >= 4 is 23.7 Å². The Morgan fingerprint density at radius 1 is 1.33 bits per heavy atom. The van der Waals surface area contributed by atoms with Gasteiger partial charge in [-0.1, -0.05) is 0 Å². The highest BCUT2D eigenvalue weighted by molar-refractivity contribution is 5.91. The average Bonchev–Trinajstić information content (AvgIpc) is 2.91. The number of aliphatic carboxylic acids is 1. The van der Waals surface area contributed by atoms with Gasteiger partial charge in [0.2, 0.25) is 17.7 Å². The summed E-state index contributed by atoms with van der Waals surface area (Å²) >= 11 is 0. The van der Waals surface area contributed by atoms with Crippen LogP contribution in [0.1, 0.15) is 25.7 Å². The summed E-state index contributed by atoms with van der Waals surface area (Å²) < 4.78 is 0. The van der Waals surface area contributed by atoms with Crippen molar-refractivity contribution in [2.45, 2.75) is 37.8 Å². The maximum atomic E-state index is 12.4. The highest BCUT2D eigenvalue weighted by Gasteiger charge is 2.37. The van der Waals surface area contributed by atoms with Crippen LogP contribution in [0.5, 0.6) is 0 Å². The van der Waals surface area contributed by atoms with Crippen LogP contribution >= 0.6 is 0 Å². The lowest BCUT2D eigenvalue weighted by molar-refractivity contribution is -0.149. The zero-order chi connectivity index (χ0) is 16.0. The summed E-state index contributed by atoms with van der Waals surface area (Å²) in [5.74, 6) is -2.77. The number of carbonyl (C=O) groups is 4. The number of carboxylic acids is 1. The van der Waals surface area contributed by atoms with E-state index >= 15 is 0 Å². The third-order valence-corrected chi connectivity index (χ3v) is 3.32. The molecule has 3 amide bonds. The summed E-state index contributed by atoms with van der Waals surface area (Å²) in [5.41, 5.74) is 10.2. The number of nitrogens with two attached hydrogens (primary N) is 2. The summed E-state index contributed by atoms with van der Waals surface area (Å²) in [6.45, 7) is 0.00405. The molecule has 1 fully saturated rings. The maximum absolute atomic E-state index is 12.4. The second-order valence-electron chi connectivity index (χ2n) is 4.86. The van der Waals surface area contributed by atoms with E-state index in [1.165, 1.54) is 4.90 Å². The quantitative estimate of drug-likeness (QED) is 0.417. The molecule has 0 radical (unpaired) electrons. The van der Waals surface area contributed by atoms with Gasteiger partial charge in [-0.3, -0.25) is 14.4 Å². The van der Waals surface area contributed by atoms with Crippen LogP contribution in [-0.2, 0) is 19.2 Å². The van der Waals surface area contributed by atoms with Crippen LogP contribution in [-0.4, -0.2) is 58.9 Å². The third kappa shape index (κ3) is 4.71. The first-order valence-corrected chi connectivity index (χ1v) is 6.67. The Morgan fingerprint density at radius 3 is 2.52 bits per heavy atom. The highest BCUT2D eigenvalue weighted by atomic mass is 16.4. The molecule has 118 valence electrons. The molecular formula is C12H20N4O5. The van der Waals surface area contributed by atoms with Crippen LogP contribution in [0.3, 0.4) is 0 Å². The lowest BCUT2D eigenvalue weighted by atomic mass is 10.1. The minimum absolute atomic E-state index is 0.0166. The van der Waals surface area contributed by atoms with Crippen molar-refractivity contribution in [1.29, 1.82) is 0 Å². The molecule has 0 unspecified atom stereocenters. The van der Waals surface area contributed by atoms with Crippen molar-refractivity contribution in [1.82, 2.24) is 10.2 Å². The molecule has 1 aliphatic rings. The zero-order valence-electron chi connectivity index (χ0n) is 11.6. The van der Waals surface area contributed by atoms with Crippen LogP contribution in [0, 0.1) is 0 Å². The van der Waals surface area contributed by atoms with Gasteiger partial charge < -0.3 is 26.8 Å². The van der Waals surface area contributed by atoms with Crippen molar-refractivity contribution in [3.8, 4) is 0 Å². The molecule has 0 bridgehead atoms. The minimum Gasteiger partial charge on any atom is -0.480 e. The first-order valence-electron chi connectivity index (χ1n) is 6.67. The Bertz CT molecular complexity index is 439. The lowest BCUT2D eigenvalue weighted by Gasteiger charge is -2.27. The van der Waals surface area contributed by atoms with E-state index in [9.17, 15) is 19.2 Å². The number of nitrogens with one attached hydrogen (secondary N) is 1. The molecule has 21 heavy (non-hydrogen) atoms. The minimum atomic E-state index is -1.08. The van der Waals surface area contributed by atoms with E-state index in [4.69, 9.17) is 16.6 Å². The van der Waals surface area contributed by atoms with Crippen molar-refractivity contribution < 1.29 is 24.3 Å². The third-order valence-electron chi connectivity index (χ3n) is 3.32. The Hall–Kier alpha value is -2.16. The molecule has 9 heteroatoms. The van der Waals surface area contributed by atoms with Gasteiger partial charge in [-0.25, -0.2) is 4.79 Å². The first kappa shape index (κ1) is 16.9. The molecule has 0 aromatic carbocycles. The lowest BCUT2D eigenvalue weighted by Crippen LogP contribution is -2.52. The summed E-state index contributed by atoms with van der Waals surface area (Å²) in [7, 11) is 0. The van der Waals surface area contributed by atoms with Crippen LogP contribution in [0.2, 0.25) is 0 Å². The predicted octanol–water partition coefficient (Wildman–Crippen LogP) is -2.23. The van der Waals surface area contributed by atoms with E-state index in [-0.39, 0.29) is 19.4 Å². The Morgan fingerprint density at radius 2 is 2.00 bits per heavy atom. The van der Waals surface area contributed by atoms with Crippen molar-refractivity contribution in [2.75, 3.05) is 13.1 Å². The molecular weight excluding hydrogens is 280 g/mol. The Kier molecular flexibility index (Phi) is 6.10. The molecule has 1 heterocycles. The second-order valence-corrected chi connectivity index (χ2v) is 4.86. The van der Waals surface area contributed by atoms with E-state index in [0.717, 1.165) is 0 Å². The van der Waals surface area contributed by atoms with Crippen molar-refractivity contribution in [3.05, 3.63) is 0 Å². The fraction of sp³-hybridized carbons (Fsp3) is 0.667. The van der Waals surface area contributed by atoms with Crippen molar-refractivity contribution in [2.24, 2.45) is 11.5 Å². The first-order chi connectivity index (χ1) is 9.86. The van der Waals surface area contributed by atoms with Gasteiger partial charge in [0.15, 0.2) is 0 Å². The Labute approximate surface area is 121 Å². The second kappa shape index (κ2) is 7.58. The monoisotopic (exact) mass is 300 g/mol. The summed E-state index contributed by atoms with van der Waals surface area (Å²) in [4.78, 5) is 46.9. The molecule has 1 rings (SSSR count). The van der Waals surface area contributed by atoms with E-state index < -0.39 is 35.8 Å². The zero-order valence-corrected chi connectivity index (χ0v) is 11.6. The summed E-state index contributed by atoms with van der Waals surface area (Å²) in [6.07, 6.45) is 0.875. The highest BCUT2D eigenvalue weighted by Crippen LogP contribution is 2.19. The van der Waals surface area contributed by atoms with Gasteiger partial charge in [0.05, 0.1) is 6.54 Å². The van der Waals surface area contributed by atoms with Gasteiger partial charge in [0.25, 0.3) is 0 Å². The van der Waals surface area contributed by atoms with Gasteiger partial charge in [-0.15, -0.1) is 0 Å². The number of rotatable bonds is 7. The van der Waals surface area contributed by atoms with Gasteiger partial charge in [-0.2, -0.15) is 0 Å². The average molecular weight is 300 g/mol. The molecule has 6 N–H and O–H groups in total. The van der Waals surface area contributed by atoms with Crippen LogP contribution in [0.15, 0.2) is 0 Å². The van der Waals surface area contributed by atoms with Gasteiger partial charge in [-0.05, 0) is 19.3 Å². The van der Waals surface area contributed by atoms with Crippen LogP contribution in [0.25, 0.3) is 0 Å². The molecule has 0 aromatic rings. The number of nitrogens with zero attached hydrogens (tertiary/aromatic N) is 1. The molecule has 2 atom stereocenters. The number of hydrogen-bond acceptors (Lipinski definition) is 5. The van der Waals surface area contributed by atoms with Crippen molar-refractivity contribution in [3.63, 3.8) is 0 Å². The van der Waals surface area contributed by atoms with E-state index in [1.54, 1.807) is 0 Å². The number of amides is 3. The topological polar surface area (TPSA) is 156 Å². The number of likely N-dealkylation sites (tertiary alicyclic amines) is 1. The fourth-order valence-corrected chi connectivity index (χ4v) is 2.28. The summed E-state index contributed by atoms with van der Waals surface area (Å²) in [5, 5.41) is 11.5. The molecule has 0 saturated carbocycles. The number of hydrogen-bond donors (Lipinski definition) is 4. The van der Waals surface area contributed by atoms with Crippen LogP contribution < -0.4 is 16.8 Å². The molecule has 1 aliphatic heterocycles. The van der Waals surface area contributed by atoms with E-state index in [1.807, 2.05) is 0 Å². The SMILES string of the molecule is NCC(=O)N[C@@H](CCC(N)=O)C(=O)N1CCC[C@H]1C(=O)O. The van der Waals surface area contributed by atoms with Gasteiger partial charge >= 0.3 is 5.97 Å². The fourth-order valence-electron chi connectivity index (χ4n) is 2.28. The molecule has 1 saturated heterocycles.